The first kappa shape index (κ1) is 25.6. The molecule has 38 heavy (non-hydrogen) atoms. The van der Waals surface area contributed by atoms with Crippen LogP contribution >= 0.6 is 0 Å². The summed E-state index contributed by atoms with van der Waals surface area (Å²) in [5.41, 5.74) is 6.72. The van der Waals surface area contributed by atoms with E-state index in [1.807, 2.05) is 20.8 Å². The maximum absolute atomic E-state index is 15.4. The second-order valence-corrected chi connectivity index (χ2v) is 10.5. The summed E-state index contributed by atoms with van der Waals surface area (Å²) < 4.78 is 41.8. The summed E-state index contributed by atoms with van der Waals surface area (Å²) in [6.45, 7) is 5.58. The van der Waals surface area contributed by atoms with Crippen molar-refractivity contribution in [3.05, 3.63) is 60.4 Å². The molecule has 0 radical (unpaired) electrons. The summed E-state index contributed by atoms with van der Waals surface area (Å²) in [4.78, 5) is 21.1. The topological polar surface area (TPSA) is 105 Å². The van der Waals surface area contributed by atoms with E-state index >= 15 is 4.39 Å². The van der Waals surface area contributed by atoms with Gasteiger partial charge in [-0.1, -0.05) is 6.07 Å². The molecule has 0 bridgehead atoms. The molecule has 0 unspecified atom stereocenters. The van der Waals surface area contributed by atoms with Crippen LogP contribution in [0.1, 0.15) is 52.5 Å². The van der Waals surface area contributed by atoms with E-state index in [-0.39, 0.29) is 40.8 Å². The number of carbonyl (C=O) groups excluding carboxylic acids is 1. The number of nitrogens with zero attached hydrogens (tertiary/aromatic N) is 4. The fraction of sp³-hybridized carbons (Fsp3) is 0.357. The lowest BCUT2D eigenvalue weighted by Crippen LogP contribution is -2.31. The van der Waals surface area contributed by atoms with Gasteiger partial charge in [-0.05, 0) is 70.7 Å². The van der Waals surface area contributed by atoms with Gasteiger partial charge in [-0.2, -0.15) is 5.10 Å². The number of rotatable bonds is 5. The first-order valence-corrected chi connectivity index (χ1v) is 12.5. The lowest BCUT2D eigenvalue weighted by Gasteiger charge is -2.30. The number of nitrogens with two attached hydrogens (primary N) is 1. The predicted octanol–water partition coefficient (Wildman–Crippen LogP) is 6.22. The highest BCUT2D eigenvalue weighted by molar-refractivity contribution is 5.98. The number of aromatic nitrogens is 4. The van der Waals surface area contributed by atoms with Gasteiger partial charge in [0, 0.05) is 17.7 Å². The number of carbonyl (C=O) groups is 1. The van der Waals surface area contributed by atoms with E-state index in [1.54, 1.807) is 22.9 Å². The second kappa shape index (κ2) is 10.00. The summed E-state index contributed by atoms with van der Waals surface area (Å²) in [5.74, 6) is -0.727. The first-order chi connectivity index (χ1) is 18.1. The van der Waals surface area contributed by atoms with Crippen LogP contribution in [0.25, 0.3) is 22.3 Å². The molecule has 0 atom stereocenters. The largest absolute Gasteiger partial charge is 0.460 e. The van der Waals surface area contributed by atoms with E-state index in [4.69, 9.17) is 20.3 Å². The maximum Gasteiger partial charge on any atom is 0.309 e. The Labute approximate surface area is 218 Å². The molecule has 2 aromatic carbocycles. The molecule has 2 heterocycles. The van der Waals surface area contributed by atoms with Gasteiger partial charge >= 0.3 is 5.97 Å². The van der Waals surface area contributed by atoms with E-state index in [1.165, 1.54) is 30.6 Å². The maximum atomic E-state index is 15.4. The van der Waals surface area contributed by atoms with Crippen LogP contribution in [-0.4, -0.2) is 31.3 Å². The molecule has 5 rings (SSSR count). The van der Waals surface area contributed by atoms with Crippen molar-refractivity contribution in [3.63, 3.8) is 0 Å². The van der Waals surface area contributed by atoms with Gasteiger partial charge in [0.15, 0.2) is 5.65 Å². The standard InChI is InChI=1S/C28H29F2N5O3/c1-28(2,3)38-27(36)16-7-9-18(10-8-16)35-26-23(25(31)32-15-33-26)24(34-35)21-12-11-20(14-22(21)30)37-19-6-4-5-17(29)13-19/h4-6,11-16,18H,7-10H2,1-3H3,(H2,31,32,33)/t16-,18-. The van der Waals surface area contributed by atoms with Crippen molar-refractivity contribution >= 4 is 22.8 Å². The molecule has 2 N–H and O–H groups in total. The molecule has 8 nitrogen and oxygen atoms in total. The number of halogens is 2. The van der Waals surface area contributed by atoms with E-state index in [2.05, 4.69) is 9.97 Å². The van der Waals surface area contributed by atoms with Gasteiger partial charge in [0.05, 0.1) is 17.3 Å². The Bertz CT molecular complexity index is 1490. The molecule has 10 heteroatoms. The fourth-order valence-electron chi connectivity index (χ4n) is 4.80. The lowest BCUT2D eigenvalue weighted by atomic mass is 9.86. The Kier molecular flexibility index (Phi) is 6.73. The number of hydrogen-bond acceptors (Lipinski definition) is 7. The summed E-state index contributed by atoms with van der Waals surface area (Å²) in [6, 6.07) is 9.92. The molecule has 1 aliphatic carbocycles. The van der Waals surface area contributed by atoms with Crippen molar-refractivity contribution in [2.75, 3.05) is 5.73 Å². The van der Waals surface area contributed by atoms with Crippen LogP contribution in [0.4, 0.5) is 14.6 Å². The van der Waals surface area contributed by atoms with Crippen LogP contribution in [0.2, 0.25) is 0 Å². The van der Waals surface area contributed by atoms with Crippen LogP contribution in [0.15, 0.2) is 48.8 Å². The van der Waals surface area contributed by atoms with Crippen LogP contribution in [-0.2, 0) is 9.53 Å². The van der Waals surface area contributed by atoms with Gasteiger partial charge in [-0.15, -0.1) is 0 Å². The zero-order valence-electron chi connectivity index (χ0n) is 21.4. The van der Waals surface area contributed by atoms with E-state index in [9.17, 15) is 9.18 Å². The molecule has 4 aromatic rings. The molecule has 0 spiro atoms. The zero-order valence-corrected chi connectivity index (χ0v) is 21.4. The van der Waals surface area contributed by atoms with Gasteiger partial charge in [0.2, 0.25) is 0 Å². The Balaban J connectivity index is 1.43. The monoisotopic (exact) mass is 521 g/mol. The highest BCUT2D eigenvalue weighted by Gasteiger charge is 2.32. The molecule has 1 fully saturated rings. The summed E-state index contributed by atoms with van der Waals surface area (Å²) in [5, 5.41) is 5.20. The molecule has 1 saturated carbocycles. The Morgan fingerprint density at radius 1 is 1.03 bits per heavy atom. The van der Waals surface area contributed by atoms with Gasteiger partial charge in [-0.3, -0.25) is 4.79 Å². The van der Waals surface area contributed by atoms with Gasteiger partial charge < -0.3 is 15.2 Å². The van der Waals surface area contributed by atoms with Crippen LogP contribution in [0, 0.1) is 17.6 Å². The molecule has 0 amide bonds. The first-order valence-electron chi connectivity index (χ1n) is 12.5. The van der Waals surface area contributed by atoms with Crippen LogP contribution in [0.5, 0.6) is 11.5 Å². The summed E-state index contributed by atoms with van der Waals surface area (Å²) >= 11 is 0. The number of ether oxygens (including phenoxy) is 2. The molecule has 1 aliphatic rings. The molecular formula is C28H29F2N5O3. The van der Waals surface area contributed by atoms with E-state index in [0.717, 1.165) is 0 Å². The number of nitrogen functional groups attached to an aromatic ring is 1. The van der Waals surface area contributed by atoms with Gasteiger partial charge in [0.25, 0.3) is 0 Å². The number of hydrogen-bond donors (Lipinski definition) is 1. The van der Waals surface area contributed by atoms with Crippen molar-refractivity contribution in [1.82, 2.24) is 19.7 Å². The predicted molar refractivity (Wildman–Crippen MR) is 138 cm³/mol. The highest BCUT2D eigenvalue weighted by Crippen LogP contribution is 2.39. The minimum Gasteiger partial charge on any atom is -0.460 e. The van der Waals surface area contributed by atoms with Gasteiger partial charge in [0.1, 0.15) is 46.6 Å². The molecule has 198 valence electrons. The minimum atomic E-state index is -0.581. The number of esters is 1. The van der Waals surface area contributed by atoms with Crippen LogP contribution < -0.4 is 10.5 Å². The molecular weight excluding hydrogens is 492 g/mol. The molecule has 0 aliphatic heterocycles. The van der Waals surface area contributed by atoms with Crippen molar-refractivity contribution in [2.45, 2.75) is 58.1 Å². The fourth-order valence-corrected chi connectivity index (χ4v) is 4.80. The molecule has 0 saturated heterocycles. The summed E-state index contributed by atoms with van der Waals surface area (Å²) in [7, 11) is 0. The van der Waals surface area contributed by atoms with Crippen molar-refractivity contribution in [2.24, 2.45) is 5.92 Å². The Hall–Kier alpha value is -4.08. The zero-order chi connectivity index (χ0) is 27.0. The number of fused-ring (bicyclic) bond motifs is 1. The van der Waals surface area contributed by atoms with Crippen molar-refractivity contribution < 1.29 is 23.0 Å². The van der Waals surface area contributed by atoms with Gasteiger partial charge in [-0.25, -0.2) is 23.4 Å². The van der Waals surface area contributed by atoms with Crippen molar-refractivity contribution in [3.8, 4) is 22.8 Å². The van der Waals surface area contributed by atoms with Crippen molar-refractivity contribution in [1.29, 1.82) is 0 Å². The summed E-state index contributed by atoms with van der Waals surface area (Å²) in [6.07, 6.45) is 4.03. The third kappa shape index (κ3) is 5.29. The Morgan fingerprint density at radius 2 is 1.76 bits per heavy atom. The van der Waals surface area contributed by atoms with E-state index in [0.29, 0.717) is 42.4 Å². The number of benzene rings is 2. The average Bonchev–Trinajstić information content (AvgIpc) is 3.24. The quantitative estimate of drug-likeness (QED) is 0.311. The van der Waals surface area contributed by atoms with Crippen LogP contribution in [0.3, 0.4) is 0 Å². The smallest absolute Gasteiger partial charge is 0.309 e. The number of anilines is 1. The SMILES string of the molecule is CC(C)(C)OC(=O)[C@H]1CC[C@H](n2nc(-c3ccc(Oc4cccc(F)c4)cc3F)c3c(N)ncnc32)CC1. The molecule has 2 aromatic heterocycles. The minimum absolute atomic E-state index is 0.0436. The average molecular weight is 522 g/mol. The normalized spacial score (nSPS) is 17.9. The third-order valence-electron chi connectivity index (χ3n) is 6.53. The highest BCUT2D eigenvalue weighted by atomic mass is 19.1. The second-order valence-electron chi connectivity index (χ2n) is 10.5. The van der Waals surface area contributed by atoms with E-state index < -0.39 is 17.2 Å². The lowest BCUT2D eigenvalue weighted by molar-refractivity contribution is -0.161. The third-order valence-corrected chi connectivity index (χ3v) is 6.53. The Morgan fingerprint density at radius 3 is 2.45 bits per heavy atom.